The van der Waals surface area contributed by atoms with E-state index < -0.39 is 0 Å². The first-order chi connectivity index (χ1) is 7.33. The van der Waals surface area contributed by atoms with Gasteiger partial charge < -0.3 is 4.90 Å². The van der Waals surface area contributed by atoms with Gasteiger partial charge in [0.1, 0.15) is 5.82 Å². The van der Waals surface area contributed by atoms with Crippen LogP contribution in [-0.2, 0) is 0 Å². The van der Waals surface area contributed by atoms with Crippen molar-refractivity contribution >= 4 is 5.69 Å². The Morgan fingerprint density at radius 3 is 2.44 bits per heavy atom. The van der Waals surface area contributed by atoms with Gasteiger partial charge in [0.05, 0.1) is 17.3 Å². The number of halogens is 1. The normalized spacial score (nSPS) is 11.0. The number of benzene rings is 1. The monoisotopic (exact) mass is 220 g/mol. The first kappa shape index (κ1) is 12.5. The number of hydrogen-bond acceptors (Lipinski definition) is 2. The molecular formula is C13H17FN2. The summed E-state index contributed by atoms with van der Waals surface area (Å²) in [6, 6.07) is 6.48. The van der Waals surface area contributed by atoms with E-state index in [0.717, 1.165) is 6.54 Å². The quantitative estimate of drug-likeness (QED) is 0.765. The van der Waals surface area contributed by atoms with E-state index in [1.54, 1.807) is 12.1 Å². The summed E-state index contributed by atoms with van der Waals surface area (Å²) in [5.41, 5.74) is 0.995. The predicted molar refractivity (Wildman–Crippen MR) is 63.8 cm³/mol. The summed E-state index contributed by atoms with van der Waals surface area (Å²) < 4.78 is 13.7. The first-order valence-corrected chi connectivity index (χ1v) is 5.24. The lowest BCUT2D eigenvalue weighted by atomic mass is 9.96. The molecule has 0 aromatic heterocycles. The molecule has 0 atom stereocenters. The highest BCUT2D eigenvalue weighted by Crippen LogP contribution is 2.23. The minimum Gasteiger partial charge on any atom is -0.372 e. The molecule has 0 amide bonds. The van der Waals surface area contributed by atoms with Gasteiger partial charge in [-0.2, -0.15) is 5.26 Å². The SMILES string of the molecule is CN(CC(C)(C)C)c1ccc(C#N)cc1F. The van der Waals surface area contributed by atoms with Crippen molar-refractivity contribution in [3.8, 4) is 6.07 Å². The van der Waals surface area contributed by atoms with E-state index in [1.807, 2.05) is 18.0 Å². The van der Waals surface area contributed by atoms with Crippen molar-refractivity contribution in [2.24, 2.45) is 5.41 Å². The summed E-state index contributed by atoms with van der Waals surface area (Å²) in [5.74, 6) is -0.342. The van der Waals surface area contributed by atoms with E-state index in [4.69, 9.17) is 5.26 Å². The average molecular weight is 220 g/mol. The number of nitriles is 1. The molecule has 2 nitrogen and oxygen atoms in total. The number of nitrogens with zero attached hydrogens (tertiary/aromatic N) is 2. The maximum absolute atomic E-state index is 13.7. The van der Waals surface area contributed by atoms with Crippen LogP contribution in [-0.4, -0.2) is 13.6 Å². The summed E-state index contributed by atoms with van der Waals surface area (Å²) in [6.07, 6.45) is 0. The standard InChI is InChI=1S/C13H17FN2/c1-13(2,3)9-16(4)12-6-5-10(8-15)7-11(12)14/h5-7H,9H2,1-4H3. The van der Waals surface area contributed by atoms with E-state index in [9.17, 15) is 4.39 Å². The van der Waals surface area contributed by atoms with E-state index in [0.29, 0.717) is 11.3 Å². The van der Waals surface area contributed by atoms with Gasteiger partial charge in [0, 0.05) is 13.6 Å². The van der Waals surface area contributed by atoms with Crippen LogP contribution in [0.2, 0.25) is 0 Å². The molecule has 0 bridgehead atoms. The van der Waals surface area contributed by atoms with Gasteiger partial charge in [0.15, 0.2) is 0 Å². The van der Waals surface area contributed by atoms with E-state index in [2.05, 4.69) is 20.8 Å². The van der Waals surface area contributed by atoms with Crippen molar-refractivity contribution in [3.05, 3.63) is 29.6 Å². The summed E-state index contributed by atoms with van der Waals surface area (Å²) in [6.45, 7) is 7.07. The largest absolute Gasteiger partial charge is 0.372 e. The second-order valence-electron chi connectivity index (χ2n) is 5.19. The van der Waals surface area contributed by atoms with Crippen LogP contribution in [0.25, 0.3) is 0 Å². The number of anilines is 1. The molecular weight excluding hydrogens is 203 g/mol. The van der Waals surface area contributed by atoms with Gasteiger partial charge in [-0.3, -0.25) is 0 Å². The Balaban J connectivity index is 2.93. The average Bonchev–Trinajstić information content (AvgIpc) is 2.14. The molecule has 0 aliphatic carbocycles. The Labute approximate surface area is 96.3 Å². The highest BCUT2D eigenvalue weighted by atomic mass is 19.1. The zero-order chi connectivity index (χ0) is 12.3. The summed E-state index contributed by atoms with van der Waals surface area (Å²) in [5, 5.41) is 8.65. The molecule has 0 aliphatic heterocycles. The van der Waals surface area contributed by atoms with Crippen molar-refractivity contribution in [3.63, 3.8) is 0 Å². The maximum Gasteiger partial charge on any atom is 0.147 e. The minimum atomic E-state index is -0.342. The Morgan fingerprint density at radius 2 is 2.00 bits per heavy atom. The van der Waals surface area contributed by atoms with Crippen molar-refractivity contribution in [2.75, 3.05) is 18.5 Å². The molecule has 1 aromatic rings. The van der Waals surface area contributed by atoms with E-state index >= 15 is 0 Å². The van der Waals surface area contributed by atoms with Crippen LogP contribution < -0.4 is 4.90 Å². The second kappa shape index (κ2) is 4.52. The highest BCUT2D eigenvalue weighted by Gasteiger charge is 2.16. The second-order valence-corrected chi connectivity index (χ2v) is 5.19. The van der Waals surface area contributed by atoms with Crippen LogP contribution in [0.1, 0.15) is 26.3 Å². The molecule has 1 rings (SSSR count). The zero-order valence-electron chi connectivity index (χ0n) is 10.2. The molecule has 0 saturated carbocycles. The van der Waals surface area contributed by atoms with Crippen LogP contribution in [0.15, 0.2) is 18.2 Å². The maximum atomic E-state index is 13.7. The van der Waals surface area contributed by atoms with Crippen LogP contribution in [0.5, 0.6) is 0 Å². The van der Waals surface area contributed by atoms with Gasteiger partial charge in [-0.1, -0.05) is 20.8 Å². The first-order valence-electron chi connectivity index (χ1n) is 5.24. The van der Waals surface area contributed by atoms with Crippen LogP contribution >= 0.6 is 0 Å². The smallest absolute Gasteiger partial charge is 0.147 e. The van der Waals surface area contributed by atoms with Crippen LogP contribution in [0.3, 0.4) is 0 Å². The molecule has 0 radical (unpaired) electrons. The third-order valence-electron chi connectivity index (χ3n) is 2.20. The Morgan fingerprint density at radius 1 is 1.38 bits per heavy atom. The van der Waals surface area contributed by atoms with Crippen LogP contribution in [0, 0.1) is 22.6 Å². The lowest BCUT2D eigenvalue weighted by molar-refractivity contribution is 0.417. The molecule has 0 N–H and O–H groups in total. The number of hydrogen-bond donors (Lipinski definition) is 0. The molecule has 3 heteroatoms. The molecule has 0 fully saturated rings. The van der Waals surface area contributed by atoms with Crippen molar-refractivity contribution in [1.29, 1.82) is 5.26 Å². The molecule has 0 saturated heterocycles. The van der Waals surface area contributed by atoms with E-state index in [-0.39, 0.29) is 11.2 Å². The molecule has 16 heavy (non-hydrogen) atoms. The fourth-order valence-electron chi connectivity index (χ4n) is 1.68. The van der Waals surface area contributed by atoms with Crippen molar-refractivity contribution < 1.29 is 4.39 Å². The molecule has 0 unspecified atom stereocenters. The highest BCUT2D eigenvalue weighted by molar-refractivity contribution is 5.50. The number of rotatable bonds is 2. The van der Waals surface area contributed by atoms with Gasteiger partial charge in [0.25, 0.3) is 0 Å². The van der Waals surface area contributed by atoms with Gasteiger partial charge in [-0.05, 0) is 23.6 Å². The predicted octanol–water partition coefficient (Wildman–Crippen LogP) is 3.18. The molecule has 0 aliphatic rings. The van der Waals surface area contributed by atoms with Crippen molar-refractivity contribution in [2.45, 2.75) is 20.8 Å². The summed E-state index contributed by atoms with van der Waals surface area (Å²) in [7, 11) is 1.86. The Bertz CT molecular complexity index is 413. The molecule has 0 spiro atoms. The van der Waals surface area contributed by atoms with Gasteiger partial charge >= 0.3 is 0 Å². The Kier molecular flexibility index (Phi) is 3.54. The topological polar surface area (TPSA) is 27.0 Å². The minimum absolute atomic E-state index is 0.106. The molecule has 86 valence electrons. The lowest BCUT2D eigenvalue weighted by Crippen LogP contribution is -2.29. The van der Waals surface area contributed by atoms with Gasteiger partial charge in [-0.25, -0.2) is 4.39 Å². The zero-order valence-corrected chi connectivity index (χ0v) is 10.2. The van der Waals surface area contributed by atoms with Crippen molar-refractivity contribution in [1.82, 2.24) is 0 Å². The molecule has 0 heterocycles. The van der Waals surface area contributed by atoms with Gasteiger partial charge in [-0.15, -0.1) is 0 Å². The van der Waals surface area contributed by atoms with Crippen LogP contribution in [0.4, 0.5) is 10.1 Å². The summed E-state index contributed by atoms with van der Waals surface area (Å²) in [4.78, 5) is 1.87. The fourth-order valence-corrected chi connectivity index (χ4v) is 1.68. The lowest BCUT2D eigenvalue weighted by Gasteiger charge is -2.28. The fraction of sp³-hybridized carbons (Fsp3) is 0.462. The third kappa shape index (κ3) is 3.23. The van der Waals surface area contributed by atoms with E-state index in [1.165, 1.54) is 6.07 Å². The third-order valence-corrected chi connectivity index (χ3v) is 2.20. The summed E-state index contributed by atoms with van der Waals surface area (Å²) >= 11 is 0. The van der Waals surface area contributed by atoms with Gasteiger partial charge in [0.2, 0.25) is 0 Å². The molecule has 1 aromatic carbocycles. The Hall–Kier alpha value is -1.56.